The van der Waals surface area contributed by atoms with E-state index in [1.54, 1.807) is 0 Å². The van der Waals surface area contributed by atoms with Gasteiger partial charge >= 0.3 is 0 Å². The predicted molar refractivity (Wildman–Crippen MR) is 102 cm³/mol. The van der Waals surface area contributed by atoms with E-state index in [1.165, 1.54) is 16.7 Å². The molecule has 0 N–H and O–H groups in total. The molecule has 2 nitrogen and oxygen atoms in total. The predicted octanol–water partition coefficient (Wildman–Crippen LogP) is 4.98. The van der Waals surface area contributed by atoms with Gasteiger partial charge in [0.2, 0.25) is 0 Å². The van der Waals surface area contributed by atoms with Crippen molar-refractivity contribution in [1.82, 2.24) is 4.90 Å². The van der Waals surface area contributed by atoms with Crippen LogP contribution >= 0.6 is 0 Å². The highest BCUT2D eigenvalue weighted by Crippen LogP contribution is 2.44. The van der Waals surface area contributed by atoms with Crippen LogP contribution in [-0.2, 0) is 0 Å². The lowest BCUT2D eigenvalue weighted by Gasteiger charge is -2.04. The Morgan fingerprint density at radius 3 is 1.96 bits per heavy atom. The SMILES string of the molecule is CCN1[C@H](C(=O)c2ccccc2)[C@@H]1c1ccc(-c2ccccc2)cc1. The number of carbonyl (C=O) groups is 1. The minimum absolute atomic E-state index is 0.0324. The molecule has 2 heteroatoms. The lowest BCUT2D eigenvalue weighted by atomic mass is 10.00. The number of nitrogens with zero attached hydrogens (tertiary/aromatic N) is 1. The van der Waals surface area contributed by atoms with E-state index >= 15 is 0 Å². The Morgan fingerprint density at radius 1 is 0.800 bits per heavy atom. The summed E-state index contributed by atoms with van der Waals surface area (Å²) in [6, 6.07) is 28.8. The van der Waals surface area contributed by atoms with Crippen LogP contribution in [0.1, 0.15) is 28.9 Å². The molecule has 0 spiro atoms. The number of benzene rings is 3. The number of ketones is 1. The Labute approximate surface area is 148 Å². The Morgan fingerprint density at radius 2 is 1.36 bits per heavy atom. The molecule has 1 fully saturated rings. The van der Waals surface area contributed by atoms with Crippen molar-refractivity contribution in [2.75, 3.05) is 6.54 Å². The first-order valence-corrected chi connectivity index (χ1v) is 8.80. The number of Topliss-reactive ketones (excluding diaryl/α,β-unsaturated/α-hetero) is 1. The summed E-state index contributed by atoms with van der Waals surface area (Å²) in [4.78, 5) is 15.1. The summed E-state index contributed by atoms with van der Waals surface area (Å²) in [6.07, 6.45) is 0. The van der Waals surface area contributed by atoms with Crippen LogP contribution in [0.3, 0.4) is 0 Å². The van der Waals surface area contributed by atoms with Crippen molar-refractivity contribution in [1.29, 1.82) is 0 Å². The molecule has 4 rings (SSSR count). The minimum Gasteiger partial charge on any atom is -0.292 e. The van der Waals surface area contributed by atoms with Crippen LogP contribution in [-0.4, -0.2) is 23.3 Å². The zero-order valence-corrected chi connectivity index (χ0v) is 14.3. The second-order valence-electron chi connectivity index (χ2n) is 6.44. The molecular weight excluding hydrogens is 306 g/mol. The number of hydrogen-bond donors (Lipinski definition) is 0. The molecule has 1 saturated heterocycles. The van der Waals surface area contributed by atoms with Crippen molar-refractivity contribution in [2.24, 2.45) is 0 Å². The number of hydrogen-bond acceptors (Lipinski definition) is 2. The maximum Gasteiger partial charge on any atom is 0.181 e. The number of carbonyl (C=O) groups excluding carboxylic acids is 1. The van der Waals surface area contributed by atoms with Gasteiger partial charge in [0.15, 0.2) is 5.78 Å². The Balaban J connectivity index is 1.56. The molecule has 1 heterocycles. The molecule has 124 valence electrons. The quantitative estimate of drug-likeness (QED) is 0.486. The molecule has 1 unspecified atom stereocenters. The van der Waals surface area contributed by atoms with E-state index < -0.39 is 0 Å². The van der Waals surface area contributed by atoms with E-state index in [-0.39, 0.29) is 17.9 Å². The van der Waals surface area contributed by atoms with E-state index in [9.17, 15) is 4.79 Å². The summed E-state index contributed by atoms with van der Waals surface area (Å²) >= 11 is 0. The van der Waals surface area contributed by atoms with Crippen LogP contribution in [0.15, 0.2) is 84.9 Å². The average Bonchev–Trinajstić information content (AvgIpc) is 3.43. The lowest BCUT2D eigenvalue weighted by Crippen LogP contribution is -2.12. The van der Waals surface area contributed by atoms with E-state index in [2.05, 4.69) is 60.4 Å². The summed E-state index contributed by atoms with van der Waals surface area (Å²) in [5.74, 6) is 0.222. The summed E-state index contributed by atoms with van der Waals surface area (Å²) in [5, 5.41) is 0. The molecule has 1 aliphatic heterocycles. The normalized spacial score (nSPS) is 21.7. The van der Waals surface area contributed by atoms with Crippen LogP contribution < -0.4 is 0 Å². The molecule has 3 aromatic carbocycles. The van der Waals surface area contributed by atoms with Crippen LogP contribution in [0.2, 0.25) is 0 Å². The smallest absolute Gasteiger partial charge is 0.181 e. The van der Waals surface area contributed by atoms with E-state index in [0.29, 0.717) is 0 Å². The molecule has 0 aliphatic carbocycles. The highest BCUT2D eigenvalue weighted by Gasteiger charge is 2.51. The van der Waals surface area contributed by atoms with Crippen LogP contribution in [0.25, 0.3) is 11.1 Å². The van der Waals surface area contributed by atoms with Gasteiger partial charge in [-0.2, -0.15) is 0 Å². The van der Waals surface area contributed by atoms with Crippen LogP contribution in [0, 0.1) is 0 Å². The van der Waals surface area contributed by atoms with Crippen molar-refractivity contribution in [2.45, 2.75) is 19.0 Å². The van der Waals surface area contributed by atoms with E-state index in [1.807, 2.05) is 36.4 Å². The van der Waals surface area contributed by atoms with E-state index in [4.69, 9.17) is 0 Å². The first-order valence-electron chi connectivity index (χ1n) is 8.80. The van der Waals surface area contributed by atoms with Crippen molar-refractivity contribution in [3.05, 3.63) is 96.1 Å². The topological polar surface area (TPSA) is 20.1 Å². The summed E-state index contributed by atoms with van der Waals surface area (Å²) in [7, 11) is 0. The van der Waals surface area contributed by atoms with Gasteiger partial charge in [-0.25, -0.2) is 0 Å². The monoisotopic (exact) mass is 327 g/mol. The molecular formula is C23H21NO. The average molecular weight is 327 g/mol. The largest absolute Gasteiger partial charge is 0.292 e. The standard InChI is InChI=1S/C23H21NO/c1-2-24-21(22(24)23(25)20-11-7-4-8-12-20)19-15-13-18(14-16-19)17-9-5-3-6-10-17/h3-16,21-22H,2H2,1H3/t21-,22-,24?/m0/s1. The van der Waals surface area contributed by atoms with Crippen LogP contribution in [0.5, 0.6) is 0 Å². The van der Waals surface area contributed by atoms with Gasteiger partial charge in [-0.05, 0) is 23.2 Å². The van der Waals surface area contributed by atoms with E-state index in [0.717, 1.165) is 12.1 Å². The van der Waals surface area contributed by atoms with Gasteiger partial charge in [0.1, 0.15) is 0 Å². The molecule has 0 aromatic heterocycles. The maximum absolute atomic E-state index is 12.8. The first-order chi connectivity index (χ1) is 12.3. The van der Waals surface area contributed by atoms with Crippen molar-refractivity contribution in [3.63, 3.8) is 0 Å². The summed E-state index contributed by atoms with van der Waals surface area (Å²) in [5.41, 5.74) is 4.44. The van der Waals surface area contributed by atoms with Crippen molar-refractivity contribution >= 4 is 5.78 Å². The van der Waals surface area contributed by atoms with Crippen molar-refractivity contribution < 1.29 is 4.79 Å². The summed E-state index contributed by atoms with van der Waals surface area (Å²) < 4.78 is 0. The highest BCUT2D eigenvalue weighted by molar-refractivity contribution is 6.02. The van der Waals surface area contributed by atoms with Gasteiger partial charge in [0, 0.05) is 5.56 Å². The zero-order chi connectivity index (χ0) is 17.2. The first kappa shape index (κ1) is 15.8. The Bertz CT molecular complexity index is 856. The maximum atomic E-state index is 12.8. The molecule has 3 aromatic rings. The van der Waals surface area contributed by atoms with Gasteiger partial charge in [-0.1, -0.05) is 91.9 Å². The van der Waals surface area contributed by atoms with Gasteiger partial charge in [-0.15, -0.1) is 0 Å². The van der Waals surface area contributed by atoms with Gasteiger partial charge in [0.25, 0.3) is 0 Å². The second kappa shape index (κ2) is 6.66. The second-order valence-corrected chi connectivity index (χ2v) is 6.44. The number of likely N-dealkylation sites (N-methyl/N-ethyl adjacent to an activating group) is 1. The Kier molecular flexibility index (Phi) is 4.21. The lowest BCUT2D eigenvalue weighted by molar-refractivity contribution is 0.0974. The minimum atomic E-state index is -0.0324. The third-order valence-electron chi connectivity index (χ3n) is 4.98. The fourth-order valence-corrected chi connectivity index (χ4v) is 3.61. The fourth-order valence-electron chi connectivity index (χ4n) is 3.61. The molecule has 0 amide bonds. The molecule has 0 bridgehead atoms. The molecule has 25 heavy (non-hydrogen) atoms. The molecule has 3 atom stereocenters. The fraction of sp³-hybridized carbons (Fsp3) is 0.174. The van der Waals surface area contributed by atoms with Gasteiger partial charge < -0.3 is 0 Å². The zero-order valence-electron chi connectivity index (χ0n) is 14.3. The van der Waals surface area contributed by atoms with Crippen molar-refractivity contribution in [3.8, 4) is 11.1 Å². The molecule has 0 radical (unpaired) electrons. The third kappa shape index (κ3) is 3.01. The van der Waals surface area contributed by atoms with Crippen LogP contribution in [0.4, 0.5) is 0 Å². The van der Waals surface area contributed by atoms with Gasteiger partial charge in [-0.3, -0.25) is 9.69 Å². The third-order valence-corrected chi connectivity index (χ3v) is 4.98. The Hall–Kier alpha value is -2.71. The molecule has 0 saturated carbocycles. The van der Waals surface area contributed by atoms with Gasteiger partial charge in [0.05, 0.1) is 12.1 Å². The number of rotatable bonds is 5. The molecule has 1 aliphatic rings. The summed E-state index contributed by atoms with van der Waals surface area (Å²) in [6.45, 7) is 3.00. The highest BCUT2D eigenvalue weighted by atomic mass is 16.1.